The van der Waals surface area contributed by atoms with Gasteiger partial charge in [-0.3, -0.25) is 4.57 Å². The topological polar surface area (TPSA) is 77.2 Å². The molecule has 0 amide bonds. The van der Waals surface area contributed by atoms with Gasteiger partial charge in [-0.15, -0.1) is 0 Å². The van der Waals surface area contributed by atoms with Crippen LogP contribution in [0, 0.1) is 0 Å². The third kappa shape index (κ3) is 2.86. The van der Waals surface area contributed by atoms with Gasteiger partial charge in [-0.2, -0.15) is 8.78 Å². The minimum atomic E-state index is -2.79. The summed E-state index contributed by atoms with van der Waals surface area (Å²) in [5, 5.41) is 9.73. The predicted octanol–water partition coefficient (Wildman–Crippen LogP) is 2.30. The number of hydrogen-bond donors (Lipinski definition) is 3. The zero-order valence-electron chi connectivity index (χ0n) is 11.1. The Labute approximate surface area is 122 Å². The highest BCUT2D eigenvalue weighted by Crippen LogP contribution is 2.29. The van der Waals surface area contributed by atoms with Crippen LogP contribution in [0.25, 0.3) is 11.8 Å². The van der Waals surface area contributed by atoms with E-state index in [0.29, 0.717) is 5.56 Å². The zero-order chi connectivity index (χ0) is 15.6. The van der Waals surface area contributed by atoms with E-state index < -0.39 is 6.55 Å². The fourth-order valence-corrected chi connectivity index (χ4v) is 2.10. The summed E-state index contributed by atoms with van der Waals surface area (Å²) in [6.07, 6.45) is 1.23. The second kappa shape index (κ2) is 5.91. The van der Waals surface area contributed by atoms with E-state index >= 15 is 0 Å². The maximum Gasteiger partial charge on any atom is 0.319 e. The predicted molar refractivity (Wildman–Crippen MR) is 79.7 cm³/mol. The standard InChI is InChI=1S/C14H14BF2N3O/c15-7-8-5-11(19)12(20(8)14(16)17)6-10(18)9-3-1-2-4-13(9)21/h1-6,14,21H,7,18-19H2/b10-6-. The van der Waals surface area contributed by atoms with Crippen molar-refractivity contribution in [3.05, 3.63) is 47.3 Å². The molecule has 2 radical (unpaired) electrons. The van der Waals surface area contributed by atoms with E-state index in [1.165, 1.54) is 18.2 Å². The molecule has 2 rings (SSSR count). The lowest BCUT2D eigenvalue weighted by atomic mass is 10.0. The molecule has 2 aromatic rings. The van der Waals surface area contributed by atoms with E-state index in [1.807, 2.05) is 0 Å². The summed E-state index contributed by atoms with van der Waals surface area (Å²) in [6.45, 7) is -2.79. The van der Waals surface area contributed by atoms with Crippen LogP contribution < -0.4 is 11.5 Å². The molecule has 0 aliphatic rings. The molecule has 0 aliphatic heterocycles. The van der Waals surface area contributed by atoms with Gasteiger partial charge in [0.15, 0.2) is 0 Å². The fourth-order valence-electron chi connectivity index (χ4n) is 2.10. The molecule has 1 aromatic carbocycles. The summed E-state index contributed by atoms with van der Waals surface area (Å²) in [4.78, 5) is 0. The first-order valence-electron chi connectivity index (χ1n) is 6.19. The van der Waals surface area contributed by atoms with Crippen molar-refractivity contribution in [3.8, 4) is 5.75 Å². The molecule has 0 saturated heterocycles. The summed E-state index contributed by atoms with van der Waals surface area (Å²) in [6, 6.07) is 7.73. The van der Waals surface area contributed by atoms with Crippen LogP contribution in [0.5, 0.6) is 5.75 Å². The number of para-hydroxylation sites is 1. The SMILES string of the molecule is [B]Cc1cc(N)c(/C=C(\N)c2ccccc2O)n1C(F)F. The van der Waals surface area contributed by atoms with E-state index in [4.69, 9.17) is 19.3 Å². The van der Waals surface area contributed by atoms with Gasteiger partial charge >= 0.3 is 6.55 Å². The highest BCUT2D eigenvalue weighted by atomic mass is 19.3. The summed E-state index contributed by atoms with van der Waals surface area (Å²) in [5.74, 6) is -0.0426. The van der Waals surface area contributed by atoms with Crippen molar-refractivity contribution < 1.29 is 13.9 Å². The minimum absolute atomic E-state index is 0.0426. The number of nitrogens with two attached hydrogens (primary N) is 2. The number of halogens is 2. The number of nitrogens with zero attached hydrogens (tertiary/aromatic N) is 1. The number of phenols is 1. The normalized spacial score (nSPS) is 12.0. The smallest absolute Gasteiger partial charge is 0.319 e. The van der Waals surface area contributed by atoms with Crippen LogP contribution in [0.1, 0.15) is 23.5 Å². The first-order chi connectivity index (χ1) is 9.95. The maximum atomic E-state index is 13.2. The summed E-state index contributed by atoms with van der Waals surface area (Å²) in [7, 11) is 5.44. The molecule has 7 heteroatoms. The Morgan fingerprint density at radius 1 is 1.38 bits per heavy atom. The van der Waals surface area contributed by atoms with Crippen LogP contribution in [-0.4, -0.2) is 17.5 Å². The Kier molecular flexibility index (Phi) is 4.21. The van der Waals surface area contributed by atoms with Crippen molar-refractivity contribution in [1.29, 1.82) is 0 Å². The molecule has 0 saturated carbocycles. The van der Waals surface area contributed by atoms with Crippen molar-refractivity contribution in [3.63, 3.8) is 0 Å². The Morgan fingerprint density at radius 3 is 2.62 bits per heavy atom. The number of alkyl halides is 2. The zero-order valence-corrected chi connectivity index (χ0v) is 11.1. The molecule has 21 heavy (non-hydrogen) atoms. The number of rotatable bonds is 4. The van der Waals surface area contributed by atoms with Gasteiger partial charge in [0.2, 0.25) is 0 Å². The summed E-state index contributed by atoms with van der Waals surface area (Å²) < 4.78 is 27.0. The van der Waals surface area contributed by atoms with Gasteiger partial charge in [-0.25, -0.2) is 0 Å². The Bertz CT molecular complexity index is 683. The number of phenolic OH excluding ortho intramolecular Hbond substituents is 1. The van der Waals surface area contributed by atoms with E-state index in [9.17, 15) is 13.9 Å². The summed E-state index contributed by atoms with van der Waals surface area (Å²) in [5.41, 5.74) is 12.5. The molecule has 1 heterocycles. The monoisotopic (exact) mass is 289 g/mol. The second-order valence-corrected chi connectivity index (χ2v) is 4.44. The molecular formula is C14H14BF2N3O. The van der Waals surface area contributed by atoms with Crippen LogP contribution in [0.4, 0.5) is 14.5 Å². The van der Waals surface area contributed by atoms with Crippen LogP contribution in [-0.2, 0) is 6.32 Å². The number of hydrogen-bond acceptors (Lipinski definition) is 3. The van der Waals surface area contributed by atoms with Gasteiger partial charge < -0.3 is 16.6 Å². The number of benzene rings is 1. The van der Waals surface area contributed by atoms with Gasteiger partial charge in [0.1, 0.15) is 5.75 Å². The molecular weight excluding hydrogens is 275 g/mol. The molecule has 0 aliphatic carbocycles. The molecule has 0 unspecified atom stereocenters. The minimum Gasteiger partial charge on any atom is -0.507 e. The molecule has 0 atom stereocenters. The molecule has 1 aromatic heterocycles. The molecule has 0 spiro atoms. The summed E-state index contributed by atoms with van der Waals surface area (Å²) >= 11 is 0. The lowest BCUT2D eigenvalue weighted by Crippen LogP contribution is -2.07. The van der Waals surface area contributed by atoms with Crippen LogP contribution >= 0.6 is 0 Å². The maximum absolute atomic E-state index is 13.2. The third-order valence-electron chi connectivity index (χ3n) is 3.10. The molecule has 4 nitrogen and oxygen atoms in total. The second-order valence-electron chi connectivity index (χ2n) is 4.44. The van der Waals surface area contributed by atoms with E-state index in [2.05, 4.69) is 0 Å². The fraction of sp³-hybridized carbons (Fsp3) is 0.143. The highest BCUT2D eigenvalue weighted by molar-refractivity contribution is 6.08. The molecule has 0 bridgehead atoms. The van der Waals surface area contributed by atoms with Crippen molar-refractivity contribution in [2.75, 3.05) is 5.73 Å². The Hall–Kier alpha value is -2.44. The van der Waals surface area contributed by atoms with Crippen LogP contribution in [0.15, 0.2) is 30.3 Å². The third-order valence-corrected chi connectivity index (χ3v) is 3.10. The van der Waals surface area contributed by atoms with Gasteiger partial charge in [0.25, 0.3) is 0 Å². The number of aromatic hydroxyl groups is 1. The number of nitrogen functional groups attached to an aromatic ring is 1. The van der Waals surface area contributed by atoms with Gasteiger partial charge in [-0.1, -0.05) is 12.1 Å². The van der Waals surface area contributed by atoms with E-state index in [0.717, 1.165) is 4.57 Å². The average Bonchev–Trinajstić information content (AvgIpc) is 2.75. The number of anilines is 1. The Balaban J connectivity index is 2.55. The highest BCUT2D eigenvalue weighted by Gasteiger charge is 2.18. The van der Waals surface area contributed by atoms with Crippen molar-refractivity contribution >= 4 is 25.3 Å². The molecule has 108 valence electrons. The largest absolute Gasteiger partial charge is 0.507 e. The molecule has 0 fully saturated rings. The van der Waals surface area contributed by atoms with Gasteiger partial charge in [0, 0.05) is 17.0 Å². The lowest BCUT2D eigenvalue weighted by Gasteiger charge is -2.11. The van der Waals surface area contributed by atoms with E-state index in [-0.39, 0.29) is 34.8 Å². The quantitative estimate of drug-likeness (QED) is 0.756. The van der Waals surface area contributed by atoms with Crippen LogP contribution in [0.2, 0.25) is 0 Å². The van der Waals surface area contributed by atoms with Crippen molar-refractivity contribution in [2.24, 2.45) is 5.73 Å². The molecule has 5 N–H and O–H groups in total. The van der Waals surface area contributed by atoms with Crippen LogP contribution in [0.3, 0.4) is 0 Å². The van der Waals surface area contributed by atoms with Crippen molar-refractivity contribution in [2.45, 2.75) is 12.9 Å². The lowest BCUT2D eigenvalue weighted by molar-refractivity contribution is 0.0679. The van der Waals surface area contributed by atoms with E-state index in [1.54, 1.807) is 18.2 Å². The first kappa shape index (κ1) is 15.0. The first-order valence-corrected chi connectivity index (χ1v) is 6.19. The number of aromatic nitrogens is 1. The van der Waals surface area contributed by atoms with Gasteiger partial charge in [-0.05, 0) is 30.6 Å². The average molecular weight is 289 g/mol. The van der Waals surface area contributed by atoms with Gasteiger partial charge in [0.05, 0.1) is 19.2 Å². The Morgan fingerprint density at radius 2 is 2.05 bits per heavy atom. The van der Waals surface area contributed by atoms with Crippen molar-refractivity contribution in [1.82, 2.24) is 4.57 Å².